The van der Waals surface area contributed by atoms with Crippen molar-refractivity contribution in [3.8, 4) is 0 Å². The standard InChI is InChI=1S/C15H25N/c1-9(2)3-14(16)15-12-5-10-4-11(7-12)8-13(15)6-10/h3,10-15H,4-8,16H2,1-2H3. The van der Waals surface area contributed by atoms with Gasteiger partial charge in [0.1, 0.15) is 0 Å². The number of hydrogen-bond donors (Lipinski definition) is 1. The summed E-state index contributed by atoms with van der Waals surface area (Å²) in [5.41, 5.74) is 7.81. The normalized spacial score (nSPS) is 46.8. The molecule has 1 atom stereocenters. The van der Waals surface area contributed by atoms with E-state index in [1.807, 2.05) is 0 Å². The van der Waals surface area contributed by atoms with Gasteiger partial charge in [0.2, 0.25) is 0 Å². The summed E-state index contributed by atoms with van der Waals surface area (Å²) in [4.78, 5) is 0. The molecule has 0 saturated heterocycles. The van der Waals surface area contributed by atoms with Gasteiger partial charge in [-0.25, -0.2) is 0 Å². The Morgan fingerprint density at radius 3 is 1.94 bits per heavy atom. The van der Waals surface area contributed by atoms with Gasteiger partial charge in [-0.15, -0.1) is 0 Å². The van der Waals surface area contributed by atoms with E-state index in [1.165, 1.54) is 37.7 Å². The van der Waals surface area contributed by atoms with Gasteiger partial charge in [-0.3, -0.25) is 0 Å². The van der Waals surface area contributed by atoms with Crippen LogP contribution in [-0.4, -0.2) is 6.04 Å². The van der Waals surface area contributed by atoms with Crippen LogP contribution in [0.4, 0.5) is 0 Å². The molecular weight excluding hydrogens is 194 g/mol. The van der Waals surface area contributed by atoms with Crippen LogP contribution >= 0.6 is 0 Å². The van der Waals surface area contributed by atoms with Crippen LogP contribution in [0.5, 0.6) is 0 Å². The van der Waals surface area contributed by atoms with E-state index in [-0.39, 0.29) is 0 Å². The van der Waals surface area contributed by atoms with Crippen molar-refractivity contribution < 1.29 is 0 Å². The molecule has 0 aromatic rings. The molecule has 1 unspecified atom stereocenters. The summed E-state index contributed by atoms with van der Waals surface area (Å²) in [6.45, 7) is 4.35. The maximum absolute atomic E-state index is 6.42. The van der Waals surface area contributed by atoms with Gasteiger partial charge in [0.05, 0.1) is 0 Å². The van der Waals surface area contributed by atoms with Crippen molar-refractivity contribution in [3.05, 3.63) is 11.6 Å². The maximum atomic E-state index is 6.42. The summed E-state index contributed by atoms with van der Waals surface area (Å²) in [5.74, 6) is 4.86. The Bertz CT molecular complexity index is 273. The van der Waals surface area contributed by atoms with Crippen molar-refractivity contribution in [2.75, 3.05) is 0 Å². The van der Waals surface area contributed by atoms with Gasteiger partial charge in [-0.1, -0.05) is 11.6 Å². The van der Waals surface area contributed by atoms with Gasteiger partial charge in [0, 0.05) is 6.04 Å². The van der Waals surface area contributed by atoms with Crippen LogP contribution in [0.1, 0.15) is 46.0 Å². The second-order valence-electron chi connectivity index (χ2n) is 6.83. The summed E-state index contributed by atoms with van der Waals surface area (Å²) >= 11 is 0. The lowest BCUT2D eigenvalue weighted by molar-refractivity contribution is -0.0409. The van der Waals surface area contributed by atoms with E-state index in [2.05, 4.69) is 19.9 Å². The summed E-state index contributed by atoms with van der Waals surface area (Å²) < 4.78 is 0. The molecule has 4 rings (SSSR count). The van der Waals surface area contributed by atoms with Crippen molar-refractivity contribution >= 4 is 0 Å². The molecule has 4 aliphatic carbocycles. The lowest BCUT2D eigenvalue weighted by Gasteiger charge is -2.55. The fourth-order valence-corrected chi connectivity index (χ4v) is 5.09. The summed E-state index contributed by atoms with van der Waals surface area (Å²) in [6, 6.07) is 0.333. The Morgan fingerprint density at radius 2 is 1.50 bits per heavy atom. The molecule has 0 aromatic heterocycles. The van der Waals surface area contributed by atoms with Crippen molar-refractivity contribution in [1.82, 2.24) is 0 Å². The first kappa shape index (κ1) is 10.8. The molecule has 0 aliphatic heterocycles. The number of hydrogen-bond acceptors (Lipinski definition) is 1. The zero-order chi connectivity index (χ0) is 11.3. The zero-order valence-corrected chi connectivity index (χ0v) is 10.7. The minimum Gasteiger partial charge on any atom is -0.324 e. The smallest absolute Gasteiger partial charge is 0.0260 e. The lowest BCUT2D eigenvalue weighted by Crippen LogP contribution is -2.51. The van der Waals surface area contributed by atoms with E-state index >= 15 is 0 Å². The average Bonchev–Trinajstić information content (AvgIpc) is 2.13. The van der Waals surface area contributed by atoms with Crippen molar-refractivity contribution in [2.45, 2.75) is 52.0 Å². The highest BCUT2D eigenvalue weighted by atomic mass is 14.7. The average molecular weight is 219 g/mol. The molecule has 4 bridgehead atoms. The van der Waals surface area contributed by atoms with Crippen LogP contribution in [0.15, 0.2) is 11.6 Å². The summed E-state index contributed by atoms with van der Waals surface area (Å²) in [5, 5.41) is 0. The Balaban J connectivity index is 1.79. The molecule has 0 amide bonds. The van der Waals surface area contributed by atoms with Gasteiger partial charge >= 0.3 is 0 Å². The zero-order valence-electron chi connectivity index (χ0n) is 10.7. The number of allylic oxidation sites excluding steroid dienone is 1. The number of rotatable bonds is 2. The molecule has 0 radical (unpaired) electrons. The molecule has 4 saturated carbocycles. The third-order valence-corrected chi connectivity index (χ3v) is 5.27. The highest BCUT2D eigenvalue weighted by Gasteiger charge is 2.49. The molecule has 0 spiro atoms. The number of nitrogens with two attached hydrogens (primary N) is 1. The molecular formula is C15H25N. The second kappa shape index (κ2) is 3.87. The third-order valence-electron chi connectivity index (χ3n) is 5.27. The molecule has 90 valence electrons. The first-order valence-corrected chi connectivity index (χ1v) is 7.04. The Morgan fingerprint density at radius 1 is 1.00 bits per heavy atom. The minimum atomic E-state index is 0.333. The topological polar surface area (TPSA) is 26.0 Å². The molecule has 4 fully saturated rings. The van der Waals surface area contributed by atoms with Gasteiger partial charge in [0.15, 0.2) is 0 Å². The van der Waals surface area contributed by atoms with Crippen LogP contribution in [0.25, 0.3) is 0 Å². The van der Waals surface area contributed by atoms with Crippen molar-refractivity contribution in [3.63, 3.8) is 0 Å². The summed E-state index contributed by atoms with van der Waals surface area (Å²) in [6.07, 6.45) is 9.80. The van der Waals surface area contributed by atoms with Crippen LogP contribution in [-0.2, 0) is 0 Å². The highest BCUT2D eigenvalue weighted by Crippen LogP contribution is 2.57. The Hall–Kier alpha value is -0.300. The molecule has 0 heterocycles. The monoisotopic (exact) mass is 219 g/mol. The molecule has 0 aromatic carbocycles. The molecule has 1 heteroatoms. The van der Waals surface area contributed by atoms with Crippen molar-refractivity contribution in [1.29, 1.82) is 0 Å². The lowest BCUT2D eigenvalue weighted by atomic mass is 9.50. The maximum Gasteiger partial charge on any atom is 0.0260 e. The molecule has 2 N–H and O–H groups in total. The minimum absolute atomic E-state index is 0.333. The predicted octanol–water partition coefficient (Wildman–Crippen LogP) is 3.35. The fourth-order valence-electron chi connectivity index (χ4n) is 5.09. The van der Waals surface area contributed by atoms with Gasteiger partial charge in [0.25, 0.3) is 0 Å². The van der Waals surface area contributed by atoms with E-state index in [0.29, 0.717) is 6.04 Å². The van der Waals surface area contributed by atoms with Crippen molar-refractivity contribution in [2.24, 2.45) is 35.3 Å². The van der Waals surface area contributed by atoms with Gasteiger partial charge in [-0.2, -0.15) is 0 Å². The fraction of sp³-hybridized carbons (Fsp3) is 0.867. The quantitative estimate of drug-likeness (QED) is 0.708. The molecule has 16 heavy (non-hydrogen) atoms. The SMILES string of the molecule is CC(C)=CC(N)C1C2CC3CC(C2)CC1C3. The van der Waals surface area contributed by atoms with E-state index < -0.39 is 0 Å². The Kier molecular flexibility index (Phi) is 2.62. The molecule has 4 aliphatic rings. The van der Waals surface area contributed by atoms with E-state index in [0.717, 1.165) is 29.6 Å². The van der Waals surface area contributed by atoms with E-state index in [1.54, 1.807) is 0 Å². The van der Waals surface area contributed by atoms with Crippen LogP contribution < -0.4 is 5.73 Å². The predicted molar refractivity (Wildman–Crippen MR) is 67.9 cm³/mol. The van der Waals surface area contributed by atoms with Crippen LogP contribution in [0.3, 0.4) is 0 Å². The highest BCUT2D eigenvalue weighted by molar-refractivity contribution is 5.08. The van der Waals surface area contributed by atoms with Gasteiger partial charge in [-0.05, 0) is 75.5 Å². The Labute approximate surface area is 99.5 Å². The van der Waals surface area contributed by atoms with Crippen LogP contribution in [0.2, 0.25) is 0 Å². The first-order valence-electron chi connectivity index (χ1n) is 7.04. The third kappa shape index (κ3) is 1.73. The largest absolute Gasteiger partial charge is 0.324 e. The molecule has 1 nitrogen and oxygen atoms in total. The van der Waals surface area contributed by atoms with E-state index in [9.17, 15) is 0 Å². The van der Waals surface area contributed by atoms with Crippen LogP contribution in [0, 0.1) is 29.6 Å². The first-order chi connectivity index (χ1) is 7.63. The second-order valence-corrected chi connectivity index (χ2v) is 6.83. The van der Waals surface area contributed by atoms with Gasteiger partial charge < -0.3 is 5.73 Å². The summed E-state index contributed by atoms with van der Waals surface area (Å²) in [7, 11) is 0. The van der Waals surface area contributed by atoms with E-state index in [4.69, 9.17) is 5.73 Å².